The van der Waals surface area contributed by atoms with E-state index in [2.05, 4.69) is 33.0 Å². The third-order valence-electron chi connectivity index (χ3n) is 3.66. The number of nitrogens with one attached hydrogen (secondary N) is 1. The van der Waals surface area contributed by atoms with Crippen molar-refractivity contribution in [3.63, 3.8) is 0 Å². The highest BCUT2D eigenvalue weighted by Gasteiger charge is 2.30. The predicted octanol–water partition coefficient (Wildman–Crippen LogP) is 2.17. The topological polar surface area (TPSA) is 32.3 Å². The molecule has 1 aliphatic rings. The van der Waals surface area contributed by atoms with Crippen molar-refractivity contribution in [1.82, 2.24) is 5.32 Å². The molecule has 0 aromatic heterocycles. The van der Waals surface area contributed by atoms with Gasteiger partial charge in [0.15, 0.2) is 0 Å². The highest BCUT2D eigenvalue weighted by Crippen LogP contribution is 2.28. The normalized spacial score (nSPS) is 30.6. The van der Waals surface area contributed by atoms with E-state index >= 15 is 0 Å². The minimum Gasteiger partial charge on any atom is -0.396 e. The van der Waals surface area contributed by atoms with Crippen LogP contribution in [0, 0.1) is 11.3 Å². The Labute approximate surface area is 88.1 Å². The monoisotopic (exact) mass is 199 g/mol. The fourth-order valence-corrected chi connectivity index (χ4v) is 2.05. The van der Waals surface area contributed by atoms with Gasteiger partial charge in [-0.1, -0.05) is 27.2 Å². The first-order chi connectivity index (χ1) is 6.45. The molecule has 1 aliphatic carbocycles. The predicted molar refractivity (Wildman–Crippen MR) is 60.3 cm³/mol. The third kappa shape index (κ3) is 2.96. The molecule has 0 aromatic rings. The van der Waals surface area contributed by atoms with Gasteiger partial charge in [-0.05, 0) is 31.1 Å². The summed E-state index contributed by atoms with van der Waals surface area (Å²) in [5.74, 6) is 0.486. The van der Waals surface area contributed by atoms with Gasteiger partial charge >= 0.3 is 0 Å². The number of aliphatic hydroxyl groups is 1. The van der Waals surface area contributed by atoms with Crippen LogP contribution in [-0.2, 0) is 0 Å². The second kappa shape index (κ2) is 4.63. The Bertz CT molecular complexity index is 174. The Morgan fingerprint density at radius 1 is 1.36 bits per heavy atom. The number of hydrogen-bond acceptors (Lipinski definition) is 2. The minimum absolute atomic E-state index is 0.308. The Kier molecular flexibility index (Phi) is 3.96. The van der Waals surface area contributed by atoms with Gasteiger partial charge in [-0.15, -0.1) is 0 Å². The van der Waals surface area contributed by atoms with E-state index in [-0.39, 0.29) is 0 Å². The van der Waals surface area contributed by atoms with Gasteiger partial charge in [0.05, 0.1) is 0 Å². The number of aliphatic hydroxyl groups excluding tert-OH is 1. The summed E-state index contributed by atoms with van der Waals surface area (Å²) >= 11 is 0. The molecule has 0 saturated heterocycles. The summed E-state index contributed by atoms with van der Waals surface area (Å²) in [6.07, 6.45) is 3.68. The van der Waals surface area contributed by atoms with E-state index < -0.39 is 0 Å². The molecule has 3 atom stereocenters. The minimum atomic E-state index is 0.308. The van der Waals surface area contributed by atoms with E-state index in [4.69, 9.17) is 0 Å². The van der Waals surface area contributed by atoms with Crippen LogP contribution in [0.15, 0.2) is 0 Å². The van der Waals surface area contributed by atoms with Crippen LogP contribution in [0.2, 0.25) is 0 Å². The number of hydrogen-bond donors (Lipinski definition) is 2. The molecule has 0 heterocycles. The van der Waals surface area contributed by atoms with Crippen LogP contribution in [0.4, 0.5) is 0 Å². The molecule has 1 fully saturated rings. The summed E-state index contributed by atoms with van der Waals surface area (Å²) < 4.78 is 0. The van der Waals surface area contributed by atoms with Crippen LogP contribution in [0.3, 0.4) is 0 Å². The molecule has 0 radical (unpaired) electrons. The molecule has 2 N–H and O–H groups in total. The fourth-order valence-electron chi connectivity index (χ4n) is 2.05. The van der Waals surface area contributed by atoms with E-state index in [9.17, 15) is 5.11 Å². The molecule has 14 heavy (non-hydrogen) atoms. The van der Waals surface area contributed by atoms with Crippen molar-refractivity contribution in [1.29, 1.82) is 0 Å². The zero-order chi connectivity index (χ0) is 10.8. The van der Waals surface area contributed by atoms with Crippen molar-refractivity contribution in [2.24, 2.45) is 11.3 Å². The summed E-state index contributed by atoms with van der Waals surface area (Å²) in [5, 5.41) is 12.9. The highest BCUT2D eigenvalue weighted by molar-refractivity contribution is 4.87. The second-order valence-corrected chi connectivity index (χ2v) is 5.73. The van der Waals surface area contributed by atoms with Crippen LogP contribution in [0.5, 0.6) is 0 Å². The molecule has 1 saturated carbocycles. The van der Waals surface area contributed by atoms with Crippen molar-refractivity contribution in [3.05, 3.63) is 0 Å². The lowest BCUT2D eigenvalue weighted by Crippen LogP contribution is -2.45. The maximum atomic E-state index is 9.21. The molecular formula is C12H25NO. The molecule has 0 amide bonds. The van der Waals surface area contributed by atoms with Gasteiger partial charge in [-0.3, -0.25) is 0 Å². The Morgan fingerprint density at radius 3 is 2.50 bits per heavy atom. The van der Waals surface area contributed by atoms with Gasteiger partial charge in [-0.2, -0.15) is 0 Å². The first-order valence-corrected chi connectivity index (χ1v) is 5.82. The maximum Gasteiger partial charge on any atom is 0.0474 e. The van der Waals surface area contributed by atoms with E-state index in [0.29, 0.717) is 30.0 Å². The largest absolute Gasteiger partial charge is 0.396 e. The number of rotatable bonds is 3. The first kappa shape index (κ1) is 12.0. The smallest absolute Gasteiger partial charge is 0.0474 e. The van der Waals surface area contributed by atoms with Gasteiger partial charge in [0, 0.05) is 18.7 Å². The molecule has 0 spiro atoms. The van der Waals surface area contributed by atoms with Crippen LogP contribution >= 0.6 is 0 Å². The molecular weight excluding hydrogens is 174 g/mol. The molecule has 3 unspecified atom stereocenters. The molecule has 1 rings (SSSR count). The lowest BCUT2D eigenvalue weighted by molar-refractivity contribution is 0.180. The van der Waals surface area contributed by atoms with Crippen LogP contribution in [-0.4, -0.2) is 23.8 Å². The SMILES string of the molecule is CC(NC1CCCC1CO)C(C)(C)C. The highest BCUT2D eigenvalue weighted by atomic mass is 16.3. The second-order valence-electron chi connectivity index (χ2n) is 5.73. The van der Waals surface area contributed by atoms with Gasteiger partial charge in [-0.25, -0.2) is 0 Å². The van der Waals surface area contributed by atoms with E-state index in [1.807, 2.05) is 0 Å². The van der Waals surface area contributed by atoms with Crippen LogP contribution < -0.4 is 5.32 Å². The summed E-state index contributed by atoms with van der Waals surface area (Å²) in [5.41, 5.74) is 0.308. The average Bonchev–Trinajstić information content (AvgIpc) is 2.50. The zero-order valence-electron chi connectivity index (χ0n) is 10.0. The van der Waals surface area contributed by atoms with Crippen molar-refractivity contribution in [2.45, 2.75) is 59.0 Å². The molecule has 84 valence electrons. The van der Waals surface area contributed by atoms with Crippen molar-refractivity contribution in [3.8, 4) is 0 Å². The maximum absolute atomic E-state index is 9.21. The Morgan fingerprint density at radius 2 is 2.00 bits per heavy atom. The van der Waals surface area contributed by atoms with Crippen molar-refractivity contribution < 1.29 is 5.11 Å². The Balaban J connectivity index is 2.43. The fraction of sp³-hybridized carbons (Fsp3) is 1.00. The molecule has 2 nitrogen and oxygen atoms in total. The first-order valence-electron chi connectivity index (χ1n) is 5.82. The van der Waals surface area contributed by atoms with Crippen LogP contribution in [0.25, 0.3) is 0 Å². The van der Waals surface area contributed by atoms with Gasteiger partial charge in [0.25, 0.3) is 0 Å². The Hall–Kier alpha value is -0.0800. The van der Waals surface area contributed by atoms with Gasteiger partial charge in [0.2, 0.25) is 0 Å². The average molecular weight is 199 g/mol. The van der Waals surface area contributed by atoms with E-state index in [1.54, 1.807) is 0 Å². The summed E-state index contributed by atoms with van der Waals surface area (Å²) in [6.45, 7) is 9.36. The lowest BCUT2D eigenvalue weighted by atomic mass is 9.87. The van der Waals surface area contributed by atoms with Crippen molar-refractivity contribution in [2.75, 3.05) is 6.61 Å². The standard InChI is InChI=1S/C12H25NO/c1-9(12(2,3)4)13-11-7-5-6-10(11)8-14/h9-11,13-14H,5-8H2,1-4H3. The summed E-state index contributed by atoms with van der Waals surface area (Å²) in [7, 11) is 0. The quantitative estimate of drug-likeness (QED) is 0.730. The molecule has 0 bridgehead atoms. The molecule has 0 aliphatic heterocycles. The lowest BCUT2D eigenvalue weighted by Gasteiger charge is -2.32. The van der Waals surface area contributed by atoms with Gasteiger partial charge in [0.1, 0.15) is 0 Å². The summed E-state index contributed by atoms with van der Waals surface area (Å²) in [6, 6.07) is 1.05. The summed E-state index contributed by atoms with van der Waals surface area (Å²) in [4.78, 5) is 0. The third-order valence-corrected chi connectivity index (χ3v) is 3.66. The van der Waals surface area contributed by atoms with Crippen molar-refractivity contribution >= 4 is 0 Å². The van der Waals surface area contributed by atoms with Gasteiger partial charge < -0.3 is 10.4 Å². The van der Waals surface area contributed by atoms with Crippen LogP contribution in [0.1, 0.15) is 47.0 Å². The zero-order valence-corrected chi connectivity index (χ0v) is 10.0. The van der Waals surface area contributed by atoms with E-state index in [1.165, 1.54) is 19.3 Å². The molecule has 2 heteroatoms. The van der Waals surface area contributed by atoms with E-state index in [0.717, 1.165) is 0 Å². The molecule has 0 aromatic carbocycles.